The molecule has 2 atom stereocenters. The van der Waals surface area contributed by atoms with Gasteiger partial charge >= 0.3 is 6.18 Å². The number of nitrogens with zero attached hydrogens (tertiary/aromatic N) is 2. The quantitative estimate of drug-likeness (QED) is 0.852. The molecule has 1 aromatic heterocycles. The Bertz CT molecular complexity index is 854. The molecule has 0 amide bonds. The van der Waals surface area contributed by atoms with Crippen molar-refractivity contribution in [2.24, 2.45) is 0 Å². The molecule has 1 fully saturated rings. The second kappa shape index (κ2) is 6.75. The van der Waals surface area contributed by atoms with Gasteiger partial charge in [-0.15, -0.1) is 0 Å². The van der Waals surface area contributed by atoms with E-state index < -0.39 is 35.2 Å². The molecule has 1 heterocycles. The Morgan fingerprint density at radius 2 is 1.92 bits per heavy atom. The van der Waals surface area contributed by atoms with Gasteiger partial charge in [0, 0.05) is 11.8 Å². The van der Waals surface area contributed by atoms with Crippen LogP contribution in [0.25, 0.3) is 11.1 Å². The second-order valence-electron chi connectivity index (χ2n) is 6.62. The average Bonchev–Trinajstić information content (AvgIpc) is 2.55. The molecule has 5 nitrogen and oxygen atoms in total. The summed E-state index contributed by atoms with van der Waals surface area (Å²) in [6.07, 6.45) is 0.199. The van der Waals surface area contributed by atoms with Gasteiger partial charge in [0.1, 0.15) is 5.75 Å². The van der Waals surface area contributed by atoms with Gasteiger partial charge in [-0.3, -0.25) is 9.36 Å². The highest BCUT2D eigenvalue weighted by Crippen LogP contribution is 2.38. The van der Waals surface area contributed by atoms with Gasteiger partial charge < -0.3 is 10.2 Å². The number of rotatable bonds is 2. The summed E-state index contributed by atoms with van der Waals surface area (Å²) in [5.41, 5.74) is -1.32. The van der Waals surface area contributed by atoms with Gasteiger partial charge in [-0.2, -0.15) is 13.2 Å². The highest BCUT2D eigenvalue weighted by atomic mass is 19.4. The molecular weight excluding hydrogens is 349 g/mol. The Kier molecular flexibility index (Phi) is 4.79. The fraction of sp³-hybridized carbons (Fsp3) is 0.444. The molecule has 0 aliphatic heterocycles. The van der Waals surface area contributed by atoms with Crippen LogP contribution in [0.4, 0.5) is 13.2 Å². The topological polar surface area (TPSA) is 75.3 Å². The van der Waals surface area contributed by atoms with Gasteiger partial charge in [-0.1, -0.05) is 12.8 Å². The molecule has 2 aromatic rings. The minimum absolute atomic E-state index is 0.00833. The van der Waals surface area contributed by atoms with E-state index in [1.54, 1.807) is 0 Å². The van der Waals surface area contributed by atoms with Crippen LogP contribution in [0.3, 0.4) is 0 Å². The number of phenolic OH excluding ortho intramolecular Hbond substituents is 1. The van der Waals surface area contributed by atoms with Crippen LogP contribution in [0.2, 0.25) is 0 Å². The van der Waals surface area contributed by atoms with Crippen LogP contribution in [0.15, 0.2) is 29.5 Å². The van der Waals surface area contributed by atoms with Crippen LogP contribution < -0.4 is 5.56 Å². The number of aryl methyl sites for hydroxylation is 1. The fourth-order valence-corrected chi connectivity index (χ4v) is 3.53. The minimum atomic E-state index is -4.60. The smallest absolute Gasteiger partial charge is 0.416 e. The molecule has 1 saturated carbocycles. The maximum atomic E-state index is 12.9. The molecule has 3 rings (SSSR count). The lowest BCUT2D eigenvalue weighted by Gasteiger charge is -2.29. The first-order valence-electron chi connectivity index (χ1n) is 8.35. The van der Waals surface area contributed by atoms with Crippen molar-refractivity contribution in [2.75, 3.05) is 0 Å². The number of aliphatic hydroxyl groups excluding tert-OH is 1. The molecule has 0 spiro atoms. The Labute approximate surface area is 147 Å². The number of hydrogen-bond donors (Lipinski definition) is 2. The van der Waals surface area contributed by atoms with Crippen molar-refractivity contribution in [3.63, 3.8) is 0 Å². The third-order valence-electron chi connectivity index (χ3n) is 4.82. The Morgan fingerprint density at radius 1 is 1.23 bits per heavy atom. The molecule has 26 heavy (non-hydrogen) atoms. The summed E-state index contributed by atoms with van der Waals surface area (Å²) in [7, 11) is 0. The lowest BCUT2D eigenvalue weighted by Crippen LogP contribution is -2.35. The monoisotopic (exact) mass is 368 g/mol. The normalized spacial score (nSPS) is 21.0. The summed E-state index contributed by atoms with van der Waals surface area (Å²) in [5, 5.41) is 20.3. The zero-order valence-corrected chi connectivity index (χ0v) is 14.1. The maximum Gasteiger partial charge on any atom is 0.416 e. The maximum absolute atomic E-state index is 12.9. The fourth-order valence-electron chi connectivity index (χ4n) is 3.53. The van der Waals surface area contributed by atoms with E-state index in [1.165, 1.54) is 24.0 Å². The van der Waals surface area contributed by atoms with Gasteiger partial charge in [0.05, 0.1) is 29.6 Å². The SMILES string of the molecule is Cc1cc(C(F)(F)F)cc(O)c1-c1cncn([C@@H]2CCCC[C@H]2O)c1=O. The summed E-state index contributed by atoms with van der Waals surface area (Å²) in [5.74, 6) is -0.627. The average molecular weight is 368 g/mol. The number of benzene rings is 1. The highest BCUT2D eigenvalue weighted by Gasteiger charge is 2.32. The van der Waals surface area contributed by atoms with Gasteiger partial charge in [-0.05, 0) is 37.5 Å². The van der Waals surface area contributed by atoms with Crippen LogP contribution in [-0.4, -0.2) is 25.9 Å². The molecular formula is C18H19F3N2O3. The van der Waals surface area contributed by atoms with Gasteiger partial charge in [-0.25, -0.2) is 4.98 Å². The molecule has 1 aromatic carbocycles. The van der Waals surface area contributed by atoms with Crippen LogP contribution in [0, 0.1) is 6.92 Å². The third kappa shape index (κ3) is 3.33. The number of halogens is 3. The number of aromatic nitrogens is 2. The predicted molar refractivity (Wildman–Crippen MR) is 88.8 cm³/mol. The molecule has 0 bridgehead atoms. The van der Waals surface area contributed by atoms with E-state index in [0.717, 1.165) is 18.9 Å². The molecule has 2 N–H and O–H groups in total. The summed E-state index contributed by atoms with van der Waals surface area (Å²) in [4.78, 5) is 16.9. The van der Waals surface area contributed by atoms with Gasteiger partial charge in [0.15, 0.2) is 0 Å². The van der Waals surface area contributed by atoms with Crippen LogP contribution in [-0.2, 0) is 6.18 Å². The Morgan fingerprint density at radius 3 is 2.54 bits per heavy atom. The number of aromatic hydroxyl groups is 1. The first kappa shape index (κ1) is 18.4. The summed E-state index contributed by atoms with van der Waals surface area (Å²) in [6.45, 7) is 1.40. The van der Waals surface area contributed by atoms with Crippen molar-refractivity contribution < 1.29 is 23.4 Å². The predicted octanol–water partition coefficient (Wildman–Crippen LogP) is 3.42. The molecule has 0 unspecified atom stereocenters. The summed E-state index contributed by atoms with van der Waals surface area (Å²) >= 11 is 0. The van der Waals surface area contributed by atoms with E-state index in [4.69, 9.17) is 0 Å². The number of aliphatic hydroxyl groups is 1. The first-order valence-corrected chi connectivity index (χ1v) is 8.35. The standard InChI is InChI=1S/C18H19F3N2O3/c1-10-6-11(18(19,20)21)7-15(25)16(10)12-8-22-9-23(17(12)26)13-4-2-3-5-14(13)24/h6-9,13-14,24-25H,2-5H2,1H3/t13-,14-/m1/s1. The second-order valence-corrected chi connectivity index (χ2v) is 6.62. The highest BCUT2D eigenvalue weighted by molar-refractivity contribution is 5.73. The van der Waals surface area contributed by atoms with E-state index in [-0.39, 0.29) is 16.7 Å². The molecule has 8 heteroatoms. The van der Waals surface area contributed by atoms with Gasteiger partial charge in [0.2, 0.25) is 0 Å². The van der Waals surface area contributed by atoms with E-state index in [0.29, 0.717) is 18.9 Å². The van der Waals surface area contributed by atoms with Crippen LogP contribution >= 0.6 is 0 Å². The van der Waals surface area contributed by atoms with Crippen molar-refractivity contribution >= 4 is 0 Å². The van der Waals surface area contributed by atoms with Crippen molar-refractivity contribution in [1.29, 1.82) is 0 Å². The lowest BCUT2D eigenvalue weighted by atomic mass is 9.92. The van der Waals surface area contributed by atoms with E-state index in [1.807, 2.05) is 0 Å². The molecule has 0 radical (unpaired) electrons. The zero-order valence-electron chi connectivity index (χ0n) is 14.1. The lowest BCUT2D eigenvalue weighted by molar-refractivity contribution is -0.137. The van der Waals surface area contributed by atoms with Gasteiger partial charge in [0.25, 0.3) is 5.56 Å². The Balaban J connectivity index is 2.11. The number of hydrogen-bond acceptors (Lipinski definition) is 4. The summed E-state index contributed by atoms with van der Waals surface area (Å²) in [6, 6.07) is 1.07. The van der Waals surface area contributed by atoms with E-state index in [9.17, 15) is 28.2 Å². The number of alkyl halides is 3. The largest absolute Gasteiger partial charge is 0.507 e. The Hall–Kier alpha value is -2.35. The van der Waals surface area contributed by atoms with Crippen LogP contribution in [0.5, 0.6) is 5.75 Å². The minimum Gasteiger partial charge on any atom is -0.507 e. The van der Waals surface area contributed by atoms with Crippen molar-refractivity contribution in [1.82, 2.24) is 9.55 Å². The van der Waals surface area contributed by atoms with Crippen molar-refractivity contribution in [3.05, 3.63) is 46.1 Å². The molecule has 1 aliphatic carbocycles. The first-order chi connectivity index (χ1) is 12.2. The molecule has 1 aliphatic rings. The van der Waals surface area contributed by atoms with E-state index >= 15 is 0 Å². The summed E-state index contributed by atoms with van der Waals surface area (Å²) < 4.78 is 40.0. The van der Waals surface area contributed by atoms with E-state index in [2.05, 4.69) is 4.98 Å². The number of phenols is 1. The third-order valence-corrected chi connectivity index (χ3v) is 4.82. The van der Waals surface area contributed by atoms with Crippen LogP contribution in [0.1, 0.15) is 42.9 Å². The molecule has 0 saturated heterocycles. The molecule has 140 valence electrons. The van der Waals surface area contributed by atoms with Crippen molar-refractivity contribution in [3.8, 4) is 16.9 Å². The zero-order chi connectivity index (χ0) is 19.1. The van der Waals surface area contributed by atoms with Crippen molar-refractivity contribution in [2.45, 2.75) is 50.9 Å².